The predicted molar refractivity (Wildman–Crippen MR) is 64.5 cm³/mol. The molecule has 0 rings (SSSR count). The molecule has 0 aromatic heterocycles. The van der Waals surface area contributed by atoms with E-state index in [1.807, 2.05) is 0 Å². The summed E-state index contributed by atoms with van der Waals surface area (Å²) < 4.78 is 0. The first-order chi connectivity index (χ1) is 8.51. The van der Waals surface area contributed by atoms with Gasteiger partial charge >= 0.3 is 5.97 Å². The molecule has 0 spiro atoms. The number of amides is 2. The molecule has 0 saturated heterocycles. The zero-order chi connectivity index (χ0) is 14.0. The molecule has 0 fully saturated rings. The summed E-state index contributed by atoms with van der Waals surface area (Å²) in [5.41, 5.74) is 10.3. The molecule has 0 heterocycles. The Kier molecular flexibility index (Phi) is 8.50. The maximum absolute atomic E-state index is 11.4. The lowest BCUT2D eigenvalue weighted by molar-refractivity contribution is -0.141. The highest BCUT2D eigenvalue weighted by atomic mass is 16.4. The molecule has 2 amide bonds. The number of carbonyl (C=O) groups is 3. The summed E-state index contributed by atoms with van der Waals surface area (Å²) in [6.07, 6.45) is 1.62. The Bertz CT molecular complexity index is 296. The van der Waals surface area contributed by atoms with Crippen LogP contribution in [0.3, 0.4) is 0 Å². The molecule has 8 heteroatoms. The minimum absolute atomic E-state index is 0.216. The Labute approximate surface area is 105 Å². The van der Waals surface area contributed by atoms with Crippen molar-refractivity contribution < 1.29 is 19.5 Å². The van der Waals surface area contributed by atoms with Crippen LogP contribution in [0.2, 0.25) is 0 Å². The van der Waals surface area contributed by atoms with Crippen LogP contribution in [0, 0.1) is 0 Å². The van der Waals surface area contributed by atoms with Gasteiger partial charge in [0.15, 0.2) is 0 Å². The lowest BCUT2D eigenvalue weighted by Gasteiger charge is -2.14. The largest absolute Gasteiger partial charge is 0.480 e. The number of hydrogen-bond acceptors (Lipinski definition) is 5. The van der Waals surface area contributed by atoms with Crippen molar-refractivity contribution in [2.75, 3.05) is 19.6 Å². The normalized spacial score (nSPS) is 11.7. The first-order valence-electron chi connectivity index (χ1n) is 5.70. The maximum atomic E-state index is 11.4. The van der Waals surface area contributed by atoms with Gasteiger partial charge in [0, 0.05) is 0 Å². The van der Waals surface area contributed by atoms with E-state index in [1.165, 1.54) is 0 Å². The van der Waals surface area contributed by atoms with E-state index >= 15 is 0 Å². The topological polar surface area (TPSA) is 148 Å². The molecule has 0 radical (unpaired) electrons. The molecule has 7 N–H and O–H groups in total. The SMILES string of the molecule is NCCCCC(NC(=O)CNC(=O)CN)C(=O)O. The number of nitrogens with two attached hydrogens (primary N) is 2. The van der Waals surface area contributed by atoms with E-state index in [2.05, 4.69) is 10.6 Å². The minimum Gasteiger partial charge on any atom is -0.480 e. The van der Waals surface area contributed by atoms with E-state index in [9.17, 15) is 14.4 Å². The van der Waals surface area contributed by atoms with E-state index < -0.39 is 23.8 Å². The number of nitrogens with one attached hydrogen (secondary N) is 2. The highest BCUT2D eigenvalue weighted by Crippen LogP contribution is 2.00. The number of aliphatic carboxylic acids is 1. The zero-order valence-corrected chi connectivity index (χ0v) is 10.1. The second-order valence-corrected chi connectivity index (χ2v) is 3.72. The highest BCUT2D eigenvalue weighted by Gasteiger charge is 2.19. The van der Waals surface area contributed by atoms with Crippen molar-refractivity contribution in [1.82, 2.24) is 10.6 Å². The number of carboxylic acids is 1. The zero-order valence-electron chi connectivity index (χ0n) is 10.1. The van der Waals surface area contributed by atoms with Crippen molar-refractivity contribution in [1.29, 1.82) is 0 Å². The van der Waals surface area contributed by atoms with Crippen LogP contribution in [-0.4, -0.2) is 48.6 Å². The molecule has 0 aromatic carbocycles. The third-order valence-corrected chi connectivity index (χ3v) is 2.21. The van der Waals surface area contributed by atoms with Gasteiger partial charge in [-0.05, 0) is 25.8 Å². The molecule has 18 heavy (non-hydrogen) atoms. The van der Waals surface area contributed by atoms with E-state index in [0.29, 0.717) is 25.8 Å². The number of carboxylic acid groups (broad SMARTS) is 1. The van der Waals surface area contributed by atoms with E-state index in [4.69, 9.17) is 16.6 Å². The molecule has 8 nitrogen and oxygen atoms in total. The quantitative estimate of drug-likeness (QED) is 0.296. The van der Waals surface area contributed by atoms with Crippen molar-refractivity contribution in [3.63, 3.8) is 0 Å². The molecule has 0 aliphatic heterocycles. The van der Waals surface area contributed by atoms with E-state index in [1.54, 1.807) is 0 Å². The van der Waals surface area contributed by atoms with Gasteiger partial charge < -0.3 is 27.2 Å². The fourth-order valence-corrected chi connectivity index (χ4v) is 1.25. The molecule has 1 atom stereocenters. The lowest BCUT2D eigenvalue weighted by atomic mass is 10.1. The van der Waals surface area contributed by atoms with Crippen LogP contribution in [0.25, 0.3) is 0 Å². The summed E-state index contributed by atoms with van der Waals surface area (Å²) in [6.45, 7) is -0.0182. The second kappa shape index (κ2) is 9.37. The second-order valence-electron chi connectivity index (χ2n) is 3.72. The molecule has 0 saturated carbocycles. The molecule has 0 aromatic rings. The third-order valence-electron chi connectivity index (χ3n) is 2.21. The van der Waals surface area contributed by atoms with Gasteiger partial charge in [-0.25, -0.2) is 4.79 Å². The average molecular weight is 260 g/mol. The molecule has 104 valence electrons. The van der Waals surface area contributed by atoms with Crippen LogP contribution in [-0.2, 0) is 14.4 Å². The predicted octanol–water partition coefficient (Wildman–Crippen LogP) is -2.24. The van der Waals surface area contributed by atoms with Crippen molar-refractivity contribution in [3.8, 4) is 0 Å². The van der Waals surface area contributed by atoms with Crippen LogP contribution in [0.5, 0.6) is 0 Å². The highest BCUT2D eigenvalue weighted by molar-refractivity contribution is 5.88. The van der Waals surface area contributed by atoms with Crippen molar-refractivity contribution >= 4 is 17.8 Å². The average Bonchev–Trinajstić information content (AvgIpc) is 2.34. The number of rotatable bonds is 9. The van der Waals surface area contributed by atoms with E-state index in [-0.39, 0.29) is 13.1 Å². The molecule has 0 bridgehead atoms. The van der Waals surface area contributed by atoms with Gasteiger partial charge in [-0.1, -0.05) is 0 Å². The summed E-state index contributed by atoms with van der Waals surface area (Å²) in [7, 11) is 0. The Morgan fingerprint density at radius 3 is 2.28 bits per heavy atom. The van der Waals surface area contributed by atoms with Crippen molar-refractivity contribution in [2.45, 2.75) is 25.3 Å². The summed E-state index contributed by atoms with van der Waals surface area (Å²) in [4.78, 5) is 33.0. The summed E-state index contributed by atoms with van der Waals surface area (Å²) in [5, 5.41) is 13.5. The van der Waals surface area contributed by atoms with Crippen molar-refractivity contribution in [2.24, 2.45) is 11.5 Å². The summed E-state index contributed by atoms with van der Waals surface area (Å²) in [5.74, 6) is -2.14. The van der Waals surface area contributed by atoms with Gasteiger partial charge in [0.05, 0.1) is 13.1 Å². The third kappa shape index (κ3) is 7.58. The van der Waals surface area contributed by atoms with Gasteiger partial charge in [0.2, 0.25) is 11.8 Å². The van der Waals surface area contributed by atoms with Crippen LogP contribution in [0.15, 0.2) is 0 Å². The Balaban J connectivity index is 4.03. The van der Waals surface area contributed by atoms with Gasteiger partial charge in [-0.3, -0.25) is 9.59 Å². The van der Waals surface area contributed by atoms with Gasteiger partial charge in [-0.15, -0.1) is 0 Å². The summed E-state index contributed by atoms with van der Waals surface area (Å²) in [6, 6.07) is -0.959. The van der Waals surface area contributed by atoms with Crippen LogP contribution in [0.4, 0.5) is 0 Å². The van der Waals surface area contributed by atoms with Gasteiger partial charge in [0.25, 0.3) is 0 Å². The monoisotopic (exact) mass is 260 g/mol. The van der Waals surface area contributed by atoms with Crippen LogP contribution in [0.1, 0.15) is 19.3 Å². The first kappa shape index (κ1) is 16.3. The fourth-order valence-electron chi connectivity index (χ4n) is 1.25. The Morgan fingerprint density at radius 2 is 1.78 bits per heavy atom. The number of carbonyl (C=O) groups excluding carboxylic acids is 2. The van der Waals surface area contributed by atoms with Crippen molar-refractivity contribution in [3.05, 3.63) is 0 Å². The van der Waals surface area contributed by atoms with Crippen LogP contribution >= 0.6 is 0 Å². The summed E-state index contributed by atoms with van der Waals surface area (Å²) >= 11 is 0. The molecule has 1 unspecified atom stereocenters. The first-order valence-corrected chi connectivity index (χ1v) is 5.70. The Hall–Kier alpha value is -1.67. The molecular weight excluding hydrogens is 240 g/mol. The minimum atomic E-state index is -1.11. The fraction of sp³-hybridized carbons (Fsp3) is 0.700. The maximum Gasteiger partial charge on any atom is 0.326 e. The molecule has 0 aliphatic carbocycles. The van der Waals surface area contributed by atoms with E-state index in [0.717, 1.165) is 0 Å². The van der Waals surface area contributed by atoms with Gasteiger partial charge in [0.1, 0.15) is 6.04 Å². The van der Waals surface area contributed by atoms with Gasteiger partial charge in [-0.2, -0.15) is 0 Å². The lowest BCUT2D eigenvalue weighted by Crippen LogP contribution is -2.46. The molecule has 0 aliphatic rings. The molecular formula is C10H20N4O4. The van der Waals surface area contributed by atoms with Crippen LogP contribution < -0.4 is 22.1 Å². The number of unbranched alkanes of at least 4 members (excludes halogenated alkanes) is 1. The smallest absolute Gasteiger partial charge is 0.326 e. The Morgan fingerprint density at radius 1 is 1.11 bits per heavy atom. The number of hydrogen-bond donors (Lipinski definition) is 5. The standard InChI is InChI=1S/C10H20N4O4/c11-4-2-1-3-7(10(17)18)14-9(16)6-13-8(15)5-12/h7H,1-6,11-12H2,(H,13,15)(H,14,16)(H,17,18).